The first-order chi connectivity index (χ1) is 10.2. The lowest BCUT2D eigenvalue weighted by atomic mass is 10.1. The summed E-state index contributed by atoms with van der Waals surface area (Å²) in [6.45, 7) is 2.19. The van der Waals surface area contributed by atoms with E-state index < -0.39 is 0 Å². The molecule has 114 valence electrons. The zero-order chi connectivity index (χ0) is 15.3. The minimum atomic E-state index is 1.06. The lowest BCUT2D eigenvalue weighted by Gasteiger charge is -2.08. The Morgan fingerprint density at radius 1 is 0.762 bits per heavy atom. The summed E-state index contributed by atoms with van der Waals surface area (Å²) < 4.78 is 0. The third-order valence-corrected chi connectivity index (χ3v) is 3.20. The van der Waals surface area contributed by atoms with Gasteiger partial charge in [-0.15, -0.1) is 0 Å². The number of hydrogen-bond acceptors (Lipinski definition) is 2. The van der Waals surface area contributed by atoms with Crippen LogP contribution < -0.4 is 5.32 Å². The van der Waals surface area contributed by atoms with Crippen LogP contribution >= 0.6 is 0 Å². The van der Waals surface area contributed by atoms with Crippen molar-refractivity contribution in [1.29, 1.82) is 0 Å². The maximum absolute atomic E-state index is 3.12. The van der Waals surface area contributed by atoms with Crippen molar-refractivity contribution in [2.24, 2.45) is 0 Å². The third kappa shape index (κ3) is 9.01. The van der Waals surface area contributed by atoms with Crippen LogP contribution in [0.5, 0.6) is 0 Å². The van der Waals surface area contributed by atoms with Crippen molar-refractivity contribution in [3.63, 3.8) is 0 Å². The summed E-state index contributed by atoms with van der Waals surface area (Å²) in [5.74, 6) is 0. The van der Waals surface area contributed by atoms with Crippen LogP contribution in [-0.4, -0.2) is 39.1 Å². The van der Waals surface area contributed by atoms with Gasteiger partial charge in [-0.1, -0.05) is 60.7 Å². The Labute approximate surface area is 129 Å². The van der Waals surface area contributed by atoms with Gasteiger partial charge < -0.3 is 10.2 Å². The standard InChI is InChI=1S/C10H15N.C9H13N/c1-11(2)9-8-10-6-4-3-5-7-10;1-10-8-7-9-5-3-2-4-6-9/h3-7H,8-9H2,1-2H3;2-6,10H,7-8H2,1H3. The van der Waals surface area contributed by atoms with E-state index in [1.54, 1.807) is 0 Å². The fourth-order valence-electron chi connectivity index (χ4n) is 1.91. The summed E-state index contributed by atoms with van der Waals surface area (Å²) in [6.07, 6.45) is 2.27. The Kier molecular flexibility index (Phi) is 9.18. The maximum Gasteiger partial charge on any atom is 0.00157 e. The molecular formula is C19H28N2. The zero-order valence-corrected chi connectivity index (χ0v) is 13.5. The number of hydrogen-bond donors (Lipinski definition) is 1. The number of nitrogens with zero attached hydrogens (tertiary/aromatic N) is 1. The monoisotopic (exact) mass is 284 g/mol. The van der Waals surface area contributed by atoms with Crippen molar-refractivity contribution >= 4 is 0 Å². The largest absolute Gasteiger partial charge is 0.319 e. The maximum atomic E-state index is 3.12. The SMILES string of the molecule is CN(C)CCc1ccccc1.CNCCc1ccccc1. The minimum Gasteiger partial charge on any atom is -0.319 e. The molecule has 0 aliphatic carbocycles. The number of rotatable bonds is 6. The molecule has 0 unspecified atom stereocenters. The van der Waals surface area contributed by atoms with Gasteiger partial charge in [0.1, 0.15) is 0 Å². The van der Waals surface area contributed by atoms with Gasteiger partial charge in [-0.25, -0.2) is 0 Å². The van der Waals surface area contributed by atoms with Crippen LogP contribution in [0.3, 0.4) is 0 Å². The average molecular weight is 284 g/mol. The Morgan fingerprint density at radius 3 is 1.67 bits per heavy atom. The van der Waals surface area contributed by atoms with Crippen molar-refractivity contribution in [1.82, 2.24) is 10.2 Å². The van der Waals surface area contributed by atoms with Gasteiger partial charge in [0, 0.05) is 6.54 Å². The highest BCUT2D eigenvalue weighted by molar-refractivity contribution is 5.15. The van der Waals surface area contributed by atoms with Gasteiger partial charge in [-0.2, -0.15) is 0 Å². The van der Waals surface area contributed by atoms with Gasteiger partial charge in [0.15, 0.2) is 0 Å². The smallest absolute Gasteiger partial charge is 0.00157 e. The normalized spacial score (nSPS) is 10.1. The molecule has 1 N–H and O–H groups in total. The summed E-state index contributed by atoms with van der Waals surface area (Å²) in [5, 5.41) is 3.12. The van der Waals surface area contributed by atoms with Gasteiger partial charge in [-0.05, 0) is 51.7 Å². The van der Waals surface area contributed by atoms with Gasteiger partial charge in [0.05, 0.1) is 0 Å². The molecule has 0 radical (unpaired) electrons. The second-order valence-corrected chi connectivity index (χ2v) is 5.38. The Morgan fingerprint density at radius 2 is 1.24 bits per heavy atom. The van der Waals surface area contributed by atoms with Crippen molar-refractivity contribution in [3.05, 3.63) is 71.8 Å². The van der Waals surface area contributed by atoms with Crippen molar-refractivity contribution in [3.8, 4) is 0 Å². The highest BCUT2D eigenvalue weighted by Crippen LogP contribution is 1.99. The zero-order valence-electron chi connectivity index (χ0n) is 13.5. The van der Waals surface area contributed by atoms with E-state index in [-0.39, 0.29) is 0 Å². The van der Waals surface area contributed by atoms with Gasteiger partial charge in [-0.3, -0.25) is 0 Å². The first-order valence-electron chi connectivity index (χ1n) is 7.59. The minimum absolute atomic E-state index is 1.06. The molecule has 0 aliphatic rings. The Hall–Kier alpha value is -1.64. The second-order valence-electron chi connectivity index (χ2n) is 5.38. The molecule has 0 spiro atoms. The summed E-state index contributed by atoms with van der Waals surface area (Å²) in [6, 6.07) is 21.1. The summed E-state index contributed by atoms with van der Waals surface area (Å²) in [5.41, 5.74) is 2.82. The van der Waals surface area contributed by atoms with Crippen molar-refractivity contribution in [2.45, 2.75) is 12.8 Å². The Bertz CT molecular complexity index is 452. The highest BCUT2D eigenvalue weighted by atomic mass is 15.0. The van der Waals surface area contributed by atoms with Gasteiger partial charge in [0.25, 0.3) is 0 Å². The number of nitrogens with one attached hydrogen (secondary N) is 1. The molecule has 2 nitrogen and oxygen atoms in total. The van der Waals surface area contributed by atoms with E-state index in [9.17, 15) is 0 Å². The molecule has 0 fully saturated rings. The molecule has 0 aromatic heterocycles. The second kappa shape index (κ2) is 11.1. The summed E-state index contributed by atoms with van der Waals surface area (Å²) in [7, 11) is 6.18. The van der Waals surface area contributed by atoms with Crippen LogP contribution in [-0.2, 0) is 12.8 Å². The lowest BCUT2D eigenvalue weighted by Crippen LogP contribution is -2.14. The van der Waals surface area contributed by atoms with E-state index in [0.29, 0.717) is 0 Å². The molecule has 2 rings (SSSR count). The quantitative estimate of drug-likeness (QED) is 0.876. The van der Waals surface area contributed by atoms with Crippen LogP contribution in [0.15, 0.2) is 60.7 Å². The molecule has 2 heteroatoms. The molecule has 0 heterocycles. The van der Waals surface area contributed by atoms with E-state index in [1.807, 2.05) is 13.1 Å². The fraction of sp³-hybridized carbons (Fsp3) is 0.368. The molecule has 2 aromatic carbocycles. The topological polar surface area (TPSA) is 15.3 Å². The van der Waals surface area contributed by atoms with Crippen LogP contribution in [0.2, 0.25) is 0 Å². The average Bonchev–Trinajstić information content (AvgIpc) is 2.53. The van der Waals surface area contributed by atoms with Crippen LogP contribution in [0, 0.1) is 0 Å². The molecule has 0 amide bonds. The summed E-state index contributed by atoms with van der Waals surface area (Å²) >= 11 is 0. The summed E-state index contributed by atoms with van der Waals surface area (Å²) in [4.78, 5) is 2.20. The predicted octanol–water partition coefficient (Wildman–Crippen LogP) is 3.24. The molecule has 2 aromatic rings. The predicted molar refractivity (Wildman–Crippen MR) is 92.8 cm³/mol. The first kappa shape index (κ1) is 17.4. The van der Waals surface area contributed by atoms with E-state index in [1.165, 1.54) is 11.1 Å². The van der Waals surface area contributed by atoms with Crippen LogP contribution in [0.25, 0.3) is 0 Å². The van der Waals surface area contributed by atoms with Gasteiger partial charge in [0.2, 0.25) is 0 Å². The van der Waals surface area contributed by atoms with E-state index >= 15 is 0 Å². The molecule has 0 saturated carbocycles. The van der Waals surface area contributed by atoms with Crippen molar-refractivity contribution in [2.75, 3.05) is 34.2 Å². The van der Waals surface area contributed by atoms with Crippen LogP contribution in [0.4, 0.5) is 0 Å². The molecule has 0 aliphatic heterocycles. The van der Waals surface area contributed by atoms with Crippen LogP contribution in [0.1, 0.15) is 11.1 Å². The fourth-order valence-corrected chi connectivity index (χ4v) is 1.91. The molecule has 21 heavy (non-hydrogen) atoms. The van der Waals surface area contributed by atoms with E-state index in [4.69, 9.17) is 0 Å². The first-order valence-corrected chi connectivity index (χ1v) is 7.59. The number of likely N-dealkylation sites (N-methyl/N-ethyl adjacent to an activating group) is 2. The third-order valence-electron chi connectivity index (χ3n) is 3.20. The van der Waals surface area contributed by atoms with E-state index in [2.05, 4.69) is 78.9 Å². The molecule has 0 atom stereocenters. The molecular weight excluding hydrogens is 256 g/mol. The van der Waals surface area contributed by atoms with Gasteiger partial charge >= 0.3 is 0 Å². The van der Waals surface area contributed by atoms with Crippen molar-refractivity contribution < 1.29 is 0 Å². The Balaban J connectivity index is 0.000000211. The van der Waals surface area contributed by atoms with E-state index in [0.717, 1.165) is 25.9 Å². The molecule has 0 saturated heterocycles. The highest BCUT2D eigenvalue weighted by Gasteiger charge is 1.91. The lowest BCUT2D eigenvalue weighted by molar-refractivity contribution is 0.413. The molecule has 0 bridgehead atoms. The number of benzene rings is 2.